The summed E-state index contributed by atoms with van der Waals surface area (Å²) < 4.78 is 1.46. The van der Waals surface area contributed by atoms with Gasteiger partial charge in [-0.05, 0) is 32.0 Å². The van der Waals surface area contributed by atoms with Crippen molar-refractivity contribution in [1.82, 2.24) is 14.5 Å². The maximum Gasteiger partial charge on any atom is 0.334 e. The SMILES string of the molecule is CC(C)N1CNc2c(c(=O)[nH]c(=O)n2-c2cccc(Cl)c2)C1. The second-order valence-corrected chi connectivity index (χ2v) is 6.01. The third kappa shape index (κ3) is 2.55. The predicted octanol–water partition coefficient (Wildman–Crippen LogP) is 1.77. The Labute approximate surface area is 132 Å². The zero-order valence-electron chi connectivity index (χ0n) is 12.4. The summed E-state index contributed by atoms with van der Waals surface area (Å²) in [5.41, 5.74) is 0.350. The van der Waals surface area contributed by atoms with Gasteiger partial charge in [0.15, 0.2) is 0 Å². The molecule has 6 nitrogen and oxygen atoms in total. The molecular formula is C15H17ClN4O2. The molecule has 0 saturated carbocycles. The van der Waals surface area contributed by atoms with Crippen LogP contribution in [0.4, 0.5) is 5.82 Å². The zero-order valence-corrected chi connectivity index (χ0v) is 13.1. The molecule has 0 amide bonds. The number of aromatic amines is 1. The van der Waals surface area contributed by atoms with Gasteiger partial charge in [-0.3, -0.25) is 14.7 Å². The molecule has 1 aromatic carbocycles. The van der Waals surface area contributed by atoms with E-state index in [-0.39, 0.29) is 5.56 Å². The number of hydrogen-bond donors (Lipinski definition) is 2. The van der Waals surface area contributed by atoms with E-state index < -0.39 is 5.69 Å². The lowest BCUT2D eigenvalue weighted by Crippen LogP contribution is -2.45. The summed E-state index contributed by atoms with van der Waals surface area (Å²) in [6.07, 6.45) is 0. The van der Waals surface area contributed by atoms with Crippen molar-refractivity contribution in [1.29, 1.82) is 0 Å². The molecule has 0 bridgehead atoms. The molecule has 1 aliphatic rings. The van der Waals surface area contributed by atoms with Crippen LogP contribution in [0.15, 0.2) is 33.9 Å². The van der Waals surface area contributed by atoms with Crippen molar-refractivity contribution in [3.8, 4) is 5.69 Å². The van der Waals surface area contributed by atoms with Gasteiger partial charge in [-0.25, -0.2) is 9.36 Å². The van der Waals surface area contributed by atoms with Crippen molar-refractivity contribution >= 4 is 17.4 Å². The molecule has 7 heteroatoms. The van der Waals surface area contributed by atoms with Gasteiger partial charge >= 0.3 is 5.69 Å². The van der Waals surface area contributed by atoms with Crippen LogP contribution in [-0.4, -0.2) is 27.2 Å². The average molecular weight is 321 g/mol. The summed E-state index contributed by atoms with van der Waals surface area (Å²) in [5.74, 6) is 0.535. The van der Waals surface area contributed by atoms with Gasteiger partial charge in [-0.2, -0.15) is 0 Å². The molecule has 3 rings (SSSR count). The summed E-state index contributed by atoms with van der Waals surface area (Å²) in [6.45, 7) is 5.20. The molecule has 0 spiro atoms. The first-order valence-corrected chi connectivity index (χ1v) is 7.47. The molecule has 0 unspecified atom stereocenters. The molecule has 2 aromatic rings. The van der Waals surface area contributed by atoms with Crippen LogP contribution in [0, 0.1) is 0 Å². The van der Waals surface area contributed by atoms with E-state index in [9.17, 15) is 9.59 Å². The molecule has 22 heavy (non-hydrogen) atoms. The fraction of sp³-hybridized carbons (Fsp3) is 0.333. The van der Waals surface area contributed by atoms with Crippen LogP contribution in [0.2, 0.25) is 5.02 Å². The standard InChI is InChI=1S/C15H17ClN4O2/c1-9(2)19-7-12-13(17-8-19)20(15(22)18-14(12)21)11-5-3-4-10(16)6-11/h3-6,9,17H,7-8H2,1-2H3,(H,18,21,22). The number of aromatic nitrogens is 2. The first-order chi connectivity index (χ1) is 10.5. The van der Waals surface area contributed by atoms with Crippen LogP contribution in [0.25, 0.3) is 5.69 Å². The van der Waals surface area contributed by atoms with E-state index in [1.165, 1.54) is 4.57 Å². The summed E-state index contributed by atoms with van der Waals surface area (Å²) >= 11 is 6.01. The van der Waals surface area contributed by atoms with Gasteiger partial charge in [0.25, 0.3) is 5.56 Å². The van der Waals surface area contributed by atoms with Gasteiger partial charge < -0.3 is 5.32 Å². The Morgan fingerprint density at radius 1 is 1.27 bits per heavy atom. The van der Waals surface area contributed by atoms with Gasteiger partial charge in [0.2, 0.25) is 0 Å². The van der Waals surface area contributed by atoms with Crippen molar-refractivity contribution in [2.45, 2.75) is 26.4 Å². The normalized spacial score (nSPS) is 14.7. The molecule has 2 heterocycles. The number of nitrogens with zero attached hydrogens (tertiary/aromatic N) is 2. The summed E-state index contributed by atoms with van der Waals surface area (Å²) in [4.78, 5) is 28.9. The van der Waals surface area contributed by atoms with E-state index in [1.807, 2.05) is 0 Å². The molecular weight excluding hydrogens is 304 g/mol. The number of anilines is 1. The Hall–Kier alpha value is -2.05. The fourth-order valence-electron chi connectivity index (χ4n) is 2.57. The average Bonchev–Trinajstić information content (AvgIpc) is 2.47. The zero-order chi connectivity index (χ0) is 15.9. The van der Waals surface area contributed by atoms with Gasteiger partial charge in [0, 0.05) is 17.6 Å². The molecule has 0 radical (unpaired) electrons. The smallest absolute Gasteiger partial charge is 0.334 e. The second kappa shape index (κ2) is 5.62. The third-order valence-corrected chi connectivity index (χ3v) is 4.05. The van der Waals surface area contributed by atoms with Gasteiger partial charge in [-0.15, -0.1) is 0 Å². The number of halogens is 1. The van der Waals surface area contributed by atoms with Crippen LogP contribution in [0.1, 0.15) is 19.4 Å². The minimum absolute atomic E-state index is 0.298. The summed E-state index contributed by atoms with van der Waals surface area (Å²) in [7, 11) is 0. The first-order valence-electron chi connectivity index (χ1n) is 7.09. The number of fused-ring (bicyclic) bond motifs is 1. The number of rotatable bonds is 2. The van der Waals surface area contributed by atoms with E-state index in [0.717, 1.165) is 0 Å². The number of H-pyrrole nitrogens is 1. The molecule has 1 aromatic heterocycles. The highest BCUT2D eigenvalue weighted by Gasteiger charge is 2.24. The van der Waals surface area contributed by atoms with Crippen molar-refractivity contribution < 1.29 is 0 Å². The number of hydrogen-bond acceptors (Lipinski definition) is 4. The Morgan fingerprint density at radius 3 is 2.73 bits per heavy atom. The topological polar surface area (TPSA) is 70.1 Å². The third-order valence-electron chi connectivity index (χ3n) is 3.81. The largest absolute Gasteiger partial charge is 0.358 e. The molecule has 0 aliphatic carbocycles. The second-order valence-electron chi connectivity index (χ2n) is 5.58. The number of benzene rings is 1. The van der Waals surface area contributed by atoms with Crippen LogP contribution in [-0.2, 0) is 6.54 Å². The van der Waals surface area contributed by atoms with Crippen molar-refractivity contribution in [3.63, 3.8) is 0 Å². The predicted molar refractivity (Wildman–Crippen MR) is 86.8 cm³/mol. The maximum atomic E-state index is 12.2. The monoisotopic (exact) mass is 320 g/mol. The lowest BCUT2D eigenvalue weighted by Gasteiger charge is -2.33. The van der Waals surface area contributed by atoms with E-state index in [0.29, 0.717) is 41.3 Å². The van der Waals surface area contributed by atoms with Crippen molar-refractivity contribution in [2.75, 3.05) is 12.0 Å². The molecule has 2 N–H and O–H groups in total. The summed E-state index contributed by atoms with van der Waals surface area (Å²) in [6, 6.07) is 7.28. The maximum absolute atomic E-state index is 12.2. The first kappa shape index (κ1) is 14.9. The van der Waals surface area contributed by atoms with Gasteiger partial charge in [0.05, 0.1) is 17.9 Å². The molecule has 0 fully saturated rings. The lowest BCUT2D eigenvalue weighted by molar-refractivity contribution is 0.219. The quantitative estimate of drug-likeness (QED) is 0.885. The molecule has 116 valence electrons. The van der Waals surface area contributed by atoms with Crippen LogP contribution >= 0.6 is 11.6 Å². The highest BCUT2D eigenvalue weighted by Crippen LogP contribution is 2.23. The lowest BCUT2D eigenvalue weighted by atomic mass is 10.2. The van der Waals surface area contributed by atoms with Crippen LogP contribution < -0.4 is 16.6 Å². The van der Waals surface area contributed by atoms with Crippen molar-refractivity contribution in [3.05, 3.63) is 55.7 Å². The highest BCUT2D eigenvalue weighted by molar-refractivity contribution is 6.30. The number of nitrogens with one attached hydrogen (secondary N) is 2. The highest BCUT2D eigenvalue weighted by atomic mass is 35.5. The van der Waals surface area contributed by atoms with Gasteiger partial charge in [-0.1, -0.05) is 17.7 Å². The van der Waals surface area contributed by atoms with Crippen LogP contribution in [0.5, 0.6) is 0 Å². The van der Waals surface area contributed by atoms with E-state index in [2.05, 4.69) is 29.0 Å². The van der Waals surface area contributed by atoms with E-state index in [1.54, 1.807) is 24.3 Å². The van der Waals surface area contributed by atoms with Crippen molar-refractivity contribution in [2.24, 2.45) is 0 Å². The fourth-order valence-corrected chi connectivity index (χ4v) is 2.75. The summed E-state index contributed by atoms with van der Waals surface area (Å²) in [5, 5.41) is 3.72. The molecule has 1 aliphatic heterocycles. The van der Waals surface area contributed by atoms with Crippen LogP contribution in [0.3, 0.4) is 0 Å². The van der Waals surface area contributed by atoms with Gasteiger partial charge in [0.1, 0.15) is 5.82 Å². The Bertz CT molecular complexity index is 825. The Balaban J connectivity index is 2.20. The minimum atomic E-state index is -0.475. The molecule has 0 saturated heterocycles. The molecule has 0 atom stereocenters. The Morgan fingerprint density at radius 2 is 2.05 bits per heavy atom. The minimum Gasteiger partial charge on any atom is -0.358 e. The van der Waals surface area contributed by atoms with E-state index in [4.69, 9.17) is 11.6 Å². The Kier molecular flexibility index (Phi) is 3.80. The van der Waals surface area contributed by atoms with E-state index >= 15 is 0 Å².